The van der Waals surface area contributed by atoms with Crippen molar-refractivity contribution in [3.05, 3.63) is 11.3 Å². The molecule has 1 rings (SSSR count). The molecular formula is C8H16N2. The Morgan fingerprint density at radius 1 is 1.50 bits per heavy atom. The highest BCUT2D eigenvalue weighted by atomic mass is 15.5. The SMILES string of the molecule is CCN1NC(C)C(C)=C1C. The second kappa shape index (κ2) is 2.62. The highest BCUT2D eigenvalue weighted by Crippen LogP contribution is 2.18. The van der Waals surface area contributed by atoms with E-state index in [4.69, 9.17) is 0 Å². The molecule has 0 saturated carbocycles. The van der Waals surface area contributed by atoms with Gasteiger partial charge in [-0.05, 0) is 33.3 Å². The minimum atomic E-state index is 0.528. The molecule has 1 atom stereocenters. The highest BCUT2D eigenvalue weighted by Gasteiger charge is 2.19. The van der Waals surface area contributed by atoms with Gasteiger partial charge in [0.15, 0.2) is 0 Å². The number of nitrogens with zero attached hydrogens (tertiary/aromatic N) is 1. The van der Waals surface area contributed by atoms with E-state index in [0.29, 0.717) is 6.04 Å². The molecule has 0 aromatic carbocycles. The van der Waals surface area contributed by atoms with Crippen LogP contribution in [-0.4, -0.2) is 17.6 Å². The third-order valence-corrected chi connectivity index (χ3v) is 2.29. The molecule has 1 unspecified atom stereocenters. The molecule has 1 aliphatic rings. The first kappa shape index (κ1) is 7.61. The van der Waals surface area contributed by atoms with Gasteiger partial charge >= 0.3 is 0 Å². The van der Waals surface area contributed by atoms with Crippen LogP contribution >= 0.6 is 0 Å². The summed E-state index contributed by atoms with van der Waals surface area (Å²) in [6.07, 6.45) is 0. The van der Waals surface area contributed by atoms with Gasteiger partial charge in [-0.2, -0.15) is 0 Å². The Labute approximate surface area is 62.9 Å². The van der Waals surface area contributed by atoms with Crippen molar-refractivity contribution in [1.29, 1.82) is 0 Å². The Morgan fingerprint density at radius 3 is 2.30 bits per heavy atom. The fourth-order valence-electron chi connectivity index (χ4n) is 1.28. The summed E-state index contributed by atoms with van der Waals surface area (Å²) in [4.78, 5) is 0. The van der Waals surface area contributed by atoms with Crippen molar-refractivity contribution >= 4 is 0 Å². The Hall–Kier alpha value is -0.500. The summed E-state index contributed by atoms with van der Waals surface area (Å²) in [6, 6.07) is 0.528. The predicted molar refractivity (Wildman–Crippen MR) is 43.4 cm³/mol. The summed E-state index contributed by atoms with van der Waals surface area (Å²) in [5, 5.41) is 2.19. The van der Waals surface area contributed by atoms with Crippen LogP contribution in [0.4, 0.5) is 0 Å². The maximum atomic E-state index is 3.36. The number of nitrogens with one attached hydrogen (secondary N) is 1. The van der Waals surface area contributed by atoms with Crippen LogP contribution in [0.25, 0.3) is 0 Å². The number of allylic oxidation sites excluding steroid dienone is 1. The molecule has 0 fully saturated rings. The lowest BCUT2D eigenvalue weighted by molar-refractivity contribution is 0.273. The number of hydrogen-bond acceptors (Lipinski definition) is 2. The van der Waals surface area contributed by atoms with Crippen molar-refractivity contribution in [2.45, 2.75) is 33.7 Å². The lowest BCUT2D eigenvalue weighted by Gasteiger charge is -2.18. The fraction of sp³-hybridized carbons (Fsp3) is 0.750. The van der Waals surface area contributed by atoms with Gasteiger partial charge in [-0.15, -0.1) is 0 Å². The molecule has 0 amide bonds. The van der Waals surface area contributed by atoms with Crippen LogP contribution in [0.2, 0.25) is 0 Å². The van der Waals surface area contributed by atoms with Crippen LogP contribution in [0.15, 0.2) is 11.3 Å². The van der Waals surface area contributed by atoms with Gasteiger partial charge in [0.2, 0.25) is 0 Å². The first-order chi connectivity index (χ1) is 4.66. The van der Waals surface area contributed by atoms with Gasteiger partial charge in [-0.25, -0.2) is 5.43 Å². The van der Waals surface area contributed by atoms with Crippen molar-refractivity contribution < 1.29 is 0 Å². The topological polar surface area (TPSA) is 15.3 Å². The van der Waals surface area contributed by atoms with Gasteiger partial charge < -0.3 is 5.01 Å². The molecule has 0 aromatic rings. The molecule has 2 nitrogen and oxygen atoms in total. The van der Waals surface area contributed by atoms with Crippen molar-refractivity contribution in [2.24, 2.45) is 0 Å². The molecule has 0 saturated heterocycles. The first-order valence-corrected chi connectivity index (χ1v) is 3.88. The van der Waals surface area contributed by atoms with Crippen molar-refractivity contribution in [2.75, 3.05) is 6.54 Å². The Balaban J connectivity index is 2.73. The first-order valence-electron chi connectivity index (χ1n) is 3.88. The van der Waals surface area contributed by atoms with Crippen LogP contribution in [0.1, 0.15) is 27.7 Å². The second-order valence-electron chi connectivity index (χ2n) is 2.86. The summed E-state index contributed by atoms with van der Waals surface area (Å²) in [6.45, 7) is 9.74. The van der Waals surface area contributed by atoms with Crippen molar-refractivity contribution in [1.82, 2.24) is 10.4 Å². The minimum absolute atomic E-state index is 0.528. The lowest BCUT2D eigenvalue weighted by atomic mass is 10.1. The van der Waals surface area contributed by atoms with Gasteiger partial charge in [-0.1, -0.05) is 0 Å². The van der Waals surface area contributed by atoms with Crippen molar-refractivity contribution in [3.63, 3.8) is 0 Å². The number of hydrazine groups is 1. The highest BCUT2D eigenvalue weighted by molar-refractivity contribution is 5.18. The van der Waals surface area contributed by atoms with Gasteiger partial charge in [0.05, 0.1) is 0 Å². The summed E-state index contributed by atoms with van der Waals surface area (Å²) in [7, 11) is 0. The van der Waals surface area contributed by atoms with E-state index in [-0.39, 0.29) is 0 Å². The summed E-state index contributed by atoms with van der Waals surface area (Å²) in [5.41, 5.74) is 6.21. The molecule has 0 aliphatic carbocycles. The van der Waals surface area contributed by atoms with Crippen LogP contribution < -0.4 is 5.43 Å². The maximum absolute atomic E-state index is 3.36. The van der Waals surface area contributed by atoms with Crippen LogP contribution in [0, 0.1) is 0 Å². The van der Waals surface area contributed by atoms with E-state index in [1.807, 2.05) is 0 Å². The Morgan fingerprint density at radius 2 is 2.10 bits per heavy atom. The Bertz CT molecular complexity index is 161. The second-order valence-corrected chi connectivity index (χ2v) is 2.86. The van der Waals surface area contributed by atoms with Crippen LogP contribution in [0.3, 0.4) is 0 Å². The molecular weight excluding hydrogens is 124 g/mol. The third-order valence-electron chi connectivity index (χ3n) is 2.29. The van der Waals surface area contributed by atoms with E-state index in [0.717, 1.165) is 6.54 Å². The summed E-state index contributed by atoms with van der Waals surface area (Å²) in [5.74, 6) is 0. The smallest absolute Gasteiger partial charge is 0.0461 e. The fourth-order valence-corrected chi connectivity index (χ4v) is 1.28. The predicted octanol–water partition coefficient (Wildman–Crippen LogP) is 1.51. The van der Waals surface area contributed by atoms with Crippen LogP contribution in [-0.2, 0) is 0 Å². The third kappa shape index (κ3) is 1.03. The molecule has 1 N–H and O–H groups in total. The van der Waals surface area contributed by atoms with Gasteiger partial charge in [0, 0.05) is 18.3 Å². The quantitative estimate of drug-likeness (QED) is 0.594. The normalized spacial score (nSPS) is 26.4. The van der Waals surface area contributed by atoms with Gasteiger partial charge in [0.25, 0.3) is 0 Å². The zero-order chi connectivity index (χ0) is 7.72. The van der Waals surface area contributed by atoms with E-state index in [1.165, 1.54) is 11.3 Å². The molecule has 0 radical (unpaired) electrons. The average Bonchev–Trinajstić information content (AvgIpc) is 2.17. The van der Waals surface area contributed by atoms with E-state index < -0.39 is 0 Å². The standard InChI is InChI=1S/C8H16N2/c1-5-10-8(4)6(2)7(3)9-10/h7,9H,5H2,1-4H3. The molecule has 0 spiro atoms. The van der Waals surface area contributed by atoms with E-state index in [2.05, 4.69) is 38.1 Å². The van der Waals surface area contributed by atoms with E-state index >= 15 is 0 Å². The van der Waals surface area contributed by atoms with Gasteiger partial charge in [0.1, 0.15) is 0 Å². The largest absolute Gasteiger partial charge is 0.313 e. The van der Waals surface area contributed by atoms with E-state index in [1.54, 1.807) is 0 Å². The number of rotatable bonds is 1. The zero-order valence-corrected chi connectivity index (χ0v) is 7.23. The minimum Gasteiger partial charge on any atom is -0.313 e. The molecule has 58 valence electrons. The summed E-state index contributed by atoms with van der Waals surface area (Å²) < 4.78 is 0. The van der Waals surface area contributed by atoms with E-state index in [9.17, 15) is 0 Å². The molecule has 1 heterocycles. The summed E-state index contributed by atoms with van der Waals surface area (Å²) >= 11 is 0. The number of hydrogen-bond donors (Lipinski definition) is 1. The molecule has 2 heteroatoms. The van der Waals surface area contributed by atoms with Gasteiger partial charge in [-0.3, -0.25) is 0 Å². The Kier molecular flexibility index (Phi) is 2.00. The molecule has 0 aromatic heterocycles. The molecule has 10 heavy (non-hydrogen) atoms. The molecule has 0 bridgehead atoms. The average molecular weight is 140 g/mol. The molecule has 1 aliphatic heterocycles. The van der Waals surface area contributed by atoms with Crippen LogP contribution in [0.5, 0.6) is 0 Å². The zero-order valence-electron chi connectivity index (χ0n) is 7.23. The monoisotopic (exact) mass is 140 g/mol. The maximum Gasteiger partial charge on any atom is 0.0461 e. The van der Waals surface area contributed by atoms with Crippen molar-refractivity contribution in [3.8, 4) is 0 Å². The lowest BCUT2D eigenvalue weighted by Crippen LogP contribution is -2.35.